The van der Waals surface area contributed by atoms with Crippen LogP contribution in [0.1, 0.15) is 11.4 Å². The van der Waals surface area contributed by atoms with E-state index in [4.69, 9.17) is 0 Å². The molecule has 0 amide bonds. The number of nitrogens with zero attached hydrogens (tertiary/aromatic N) is 2. The minimum atomic E-state index is -0.358. The van der Waals surface area contributed by atoms with E-state index in [0.717, 1.165) is 5.56 Å². The second-order valence-electron chi connectivity index (χ2n) is 5.05. The van der Waals surface area contributed by atoms with Crippen LogP contribution in [0, 0.1) is 11.3 Å². The molecular weight excluding hydrogens is 302 g/mol. The molecule has 1 heterocycles. The smallest absolute Gasteiger partial charge is 0.259 e. The summed E-state index contributed by atoms with van der Waals surface area (Å²) < 4.78 is 0. The van der Waals surface area contributed by atoms with Crippen molar-refractivity contribution in [1.29, 1.82) is 5.26 Å². The predicted molar refractivity (Wildman–Crippen MR) is 93.0 cm³/mol. The van der Waals surface area contributed by atoms with Gasteiger partial charge in [-0.05, 0) is 23.8 Å². The second kappa shape index (κ2) is 6.63. The van der Waals surface area contributed by atoms with Gasteiger partial charge in [0.05, 0.1) is 10.9 Å². The number of nitriles is 1. The van der Waals surface area contributed by atoms with Gasteiger partial charge in [-0.1, -0.05) is 48.5 Å². The van der Waals surface area contributed by atoms with Gasteiger partial charge in [0.15, 0.2) is 5.82 Å². The number of para-hydroxylation sites is 1. The number of aromatic amines is 1. The molecule has 5 heteroatoms. The molecular formula is C19H13N3O2. The number of aliphatic hydroxyl groups is 1. The van der Waals surface area contributed by atoms with E-state index in [1.165, 1.54) is 6.08 Å². The van der Waals surface area contributed by atoms with Crippen molar-refractivity contribution < 1.29 is 5.11 Å². The lowest BCUT2D eigenvalue weighted by Crippen LogP contribution is -2.11. The lowest BCUT2D eigenvalue weighted by atomic mass is 10.1. The minimum Gasteiger partial charge on any atom is -0.506 e. The number of fused-ring (bicyclic) bond motifs is 1. The van der Waals surface area contributed by atoms with Crippen LogP contribution in [0.25, 0.3) is 22.6 Å². The molecule has 0 aliphatic heterocycles. The number of rotatable bonds is 3. The molecule has 0 saturated heterocycles. The number of allylic oxidation sites excluding steroid dienone is 2. The Bertz CT molecular complexity index is 1040. The van der Waals surface area contributed by atoms with E-state index in [2.05, 4.69) is 9.97 Å². The lowest BCUT2D eigenvalue weighted by Gasteiger charge is -2.03. The molecule has 0 atom stereocenters. The average Bonchev–Trinajstić information content (AvgIpc) is 2.61. The van der Waals surface area contributed by atoms with Gasteiger partial charge < -0.3 is 10.1 Å². The van der Waals surface area contributed by atoms with Crippen LogP contribution >= 0.6 is 0 Å². The van der Waals surface area contributed by atoms with E-state index >= 15 is 0 Å². The van der Waals surface area contributed by atoms with Crippen molar-refractivity contribution in [2.24, 2.45) is 0 Å². The van der Waals surface area contributed by atoms with Crippen molar-refractivity contribution in [3.63, 3.8) is 0 Å². The van der Waals surface area contributed by atoms with Gasteiger partial charge in [-0.2, -0.15) is 5.26 Å². The highest BCUT2D eigenvalue weighted by atomic mass is 16.3. The van der Waals surface area contributed by atoms with Gasteiger partial charge in [-0.3, -0.25) is 4.79 Å². The van der Waals surface area contributed by atoms with E-state index in [9.17, 15) is 15.2 Å². The third-order valence-corrected chi connectivity index (χ3v) is 3.45. The van der Waals surface area contributed by atoms with E-state index in [1.54, 1.807) is 30.3 Å². The first-order valence-electron chi connectivity index (χ1n) is 7.25. The molecule has 0 radical (unpaired) electrons. The molecule has 0 aliphatic rings. The summed E-state index contributed by atoms with van der Waals surface area (Å²) in [6.07, 6.45) is 3.08. The lowest BCUT2D eigenvalue weighted by molar-refractivity contribution is 0.436. The first kappa shape index (κ1) is 15.3. The number of aromatic nitrogens is 2. The number of benzene rings is 2. The van der Waals surface area contributed by atoms with Gasteiger partial charge in [0.1, 0.15) is 17.4 Å². The molecule has 0 spiro atoms. The molecule has 0 fully saturated rings. The van der Waals surface area contributed by atoms with E-state index in [0.29, 0.717) is 10.9 Å². The fourth-order valence-electron chi connectivity index (χ4n) is 2.26. The Balaban J connectivity index is 2.06. The van der Waals surface area contributed by atoms with Gasteiger partial charge in [0.25, 0.3) is 5.56 Å². The molecule has 0 bridgehead atoms. The van der Waals surface area contributed by atoms with Crippen LogP contribution in [0.4, 0.5) is 0 Å². The summed E-state index contributed by atoms with van der Waals surface area (Å²) in [7, 11) is 0. The maximum Gasteiger partial charge on any atom is 0.259 e. The zero-order valence-electron chi connectivity index (χ0n) is 12.6. The van der Waals surface area contributed by atoms with Gasteiger partial charge in [0, 0.05) is 0 Å². The molecule has 0 saturated carbocycles. The second-order valence-corrected chi connectivity index (χ2v) is 5.05. The molecule has 1 aromatic heterocycles. The number of aliphatic hydroxyl groups excluding tert-OH is 1. The SMILES string of the molecule is N#C/C(=C(O)/C=C\c1ccccc1)c1nc2ccccc2c(=O)[nH]1. The quantitative estimate of drug-likeness (QED) is 0.440. The monoisotopic (exact) mass is 315 g/mol. The fraction of sp³-hybridized carbons (Fsp3) is 0. The van der Waals surface area contributed by atoms with Crippen molar-refractivity contribution in [3.05, 3.63) is 88.2 Å². The molecule has 24 heavy (non-hydrogen) atoms. The zero-order chi connectivity index (χ0) is 16.9. The Morgan fingerprint density at radius 2 is 1.83 bits per heavy atom. The van der Waals surface area contributed by atoms with E-state index in [1.807, 2.05) is 36.4 Å². The van der Waals surface area contributed by atoms with Crippen LogP contribution in [-0.2, 0) is 0 Å². The third-order valence-electron chi connectivity index (χ3n) is 3.45. The first-order chi connectivity index (χ1) is 11.7. The third kappa shape index (κ3) is 3.08. The van der Waals surface area contributed by atoms with Gasteiger partial charge in [-0.15, -0.1) is 0 Å². The highest BCUT2D eigenvalue weighted by molar-refractivity contribution is 5.82. The van der Waals surface area contributed by atoms with Crippen molar-refractivity contribution in [2.45, 2.75) is 0 Å². The fourth-order valence-corrected chi connectivity index (χ4v) is 2.26. The molecule has 3 aromatic rings. The molecule has 2 N–H and O–H groups in total. The predicted octanol–water partition coefficient (Wildman–Crippen LogP) is 3.43. The van der Waals surface area contributed by atoms with Crippen molar-refractivity contribution >= 4 is 22.6 Å². The summed E-state index contributed by atoms with van der Waals surface area (Å²) in [4.78, 5) is 18.9. The van der Waals surface area contributed by atoms with Gasteiger partial charge in [-0.25, -0.2) is 4.98 Å². The maximum absolute atomic E-state index is 12.1. The molecule has 0 aliphatic carbocycles. The molecule has 2 aromatic carbocycles. The normalized spacial score (nSPS) is 12.1. The Morgan fingerprint density at radius 3 is 2.58 bits per heavy atom. The summed E-state index contributed by atoms with van der Waals surface area (Å²) in [5.74, 6) is -0.226. The Hall–Kier alpha value is -3.65. The summed E-state index contributed by atoms with van der Waals surface area (Å²) in [6.45, 7) is 0. The van der Waals surface area contributed by atoms with E-state index < -0.39 is 0 Å². The summed E-state index contributed by atoms with van der Waals surface area (Å²) >= 11 is 0. The van der Waals surface area contributed by atoms with Crippen LogP contribution in [0.15, 0.2) is 71.2 Å². The molecule has 116 valence electrons. The zero-order valence-corrected chi connectivity index (χ0v) is 12.6. The van der Waals surface area contributed by atoms with Crippen LogP contribution in [0.3, 0.4) is 0 Å². The first-order valence-corrected chi connectivity index (χ1v) is 7.25. The Kier molecular flexibility index (Phi) is 4.21. The Labute approximate surface area is 137 Å². The van der Waals surface area contributed by atoms with Crippen LogP contribution in [-0.4, -0.2) is 15.1 Å². The van der Waals surface area contributed by atoms with Crippen LogP contribution < -0.4 is 5.56 Å². The van der Waals surface area contributed by atoms with Crippen LogP contribution in [0.2, 0.25) is 0 Å². The highest BCUT2D eigenvalue weighted by Gasteiger charge is 2.11. The molecule has 5 nitrogen and oxygen atoms in total. The van der Waals surface area contributed by atoms with Gasteiger partial charge in [0.2, 0.25) is 0 Å². The van der Waals surface area contributed by atoms with E-state index in [-0.39, 0.29) is 22.7 Å². The number of hydrogen-bond donors (Lipinski definition) is 2. The number of nitrogens with one attached hydrogen (secondary N) is 1. The Morgan fingerprint density at radius 1 is 1.12 bits per heavy atom. The maximum atomic E-state index is 12.1. The van der Waals surface area contributed by atoms with Gasteiger partial charge >= 0.3 is 0 Å². The standard InChI is InChI=1S/C19H13N3O2/c20-12-15(17(23)11-10-13-6-2-1-3-7-13)18-21-16-9-5-4-8-14(16)19(24)22-18/h1-11,23H,(H,21,22,24)/b11-10-,17-15+. The summed E-state index contributed by atoms with van der Waals surface area (Å²) in [5.41, 5.74) is 0.887. The highest BCUT2D eigenvalue weighted by Crippen LogP contribution is 2.16. The molecule has 0 unspecified atom stereocenters. The molecule has 3 rings (SSSR count). The van der Waals surface area contributed by atoms with Crippen molar-refractivity contribution in [2.75, 3.05) is 0 Å². The number of hydrogen-bond acceptors (Lipinski definition) is 4. The average molecular weight is 315 g/mol. The number of H-pyrrole nitrogens is 1. The topological polar surface area (TPSA) is 89.8 Å². The van der Waals surface area contributed by atoms with Crippen LogP contribution in [0.5, 0.6) is 0 Å². The minimum absolute atomic E-state index is 0.0383. The van der Waals surface area contributed by atoms with Crippen molar-refractivity contribution in [1.82, 2.24) is 9.97 Å². The summed E-state index contributed by atoms with van der Waals surface area (Å²) in [6, 6.07) is 18.1. The summed E-state index contributed by atoms with van der Waals surface area (Å²) in [5, 5.41) is 20.0. The van der Waals surface area contributed by atoms with Crippen molar-refractivity contribution in [3.8, 4) is 6.07 Å². The largest absolute Gasteiger partial charge is 0.506 e.